The number of morpholine rings is 1. The van der Waals surface area contributed by atoms with Crippen molar-refractivity contribution in [3.63, 3.8) is 0 Å². The molecule has 2 atom stereocenters. The van der Waals surface area contributed by atoms with Gasteiger partial charge >= 0.3 is 0 Å². The minimum absolute atomic E-state index is 0.103. The van der Waals surface area contributed by atoms with Gasteiger partial charge in [0.2, 0.25) is 11.8 Å². The predicted molar refractivity (Wildman–Crippen MR) is 104 cm³/mol. The molecule has 0 spiro atoms. The molecule has 8 heteroatoms. The van der Waals surface area contributed by atoms with Crippen LogP contribution in [0.25, 0.3) is 0 Å². The van der Waals surface area contributed by atoms with Crippen LogP contribution in [0.2, 0.25) is 0 Å². The third kappa shape index (κ3) is 4.07. The molecule has 0 unspecified atom stereocenters. The van der Waals surface area contributed by atoms with E-state index in [1.807, 2.05) is 16.0 Å². The van der Waals surface area contributed by atoms with Crippen LogP contribution in [0.5, 0.6) is 0 Å². The molecule has 0 aromatic carbocycles. The number of aromatic amines is 1. The molecule has 3 aliphatic heterocycles. The number of hydrogen-bond acceptors (Lipinski definition) is 5. The number of likely N-dealkylation sites (tertiary alicyclic amines) is 1. The van der Waals surface area contributed by atoms with Crippen molar-refractivity contribution >= 4 is 11.8 Å². The van der Waals surface area contributed by atoms with Crippen LogP contribution < -0.4 is 5.32 Å². The number of carbonyl (C=O) groups is 2. The first-order chi connectivity index (χ1) is 13.6. The maximum absolute atomic E-state index is 13.1. The Morgan fingerprint density at radius 1 is 1.04 bits per heavy atom. The Bertz CT molecular complexity index is 692. The summed E-state index contributed by atoms with van der Waals surface area (Å²) in [5, 5.41) is 10.6. The fourth-order valence-electron chi connectivity index (χ4n) is 4.78. The molecule has 28 heavy (non-hydrogen) atoms. The lowest BCUT2D eigenvalue weighted by Crippen LogP contribution is -2.52. The van der Waals surface area contributed by atoms with Crippen molar-refractivity contribution in [2.45, 2.75) is 32.1 Å². The standard InChI is InChI=1S/C20H31N5O3/c1-14-11-22-23-18(14)15-2-4-24(5-3-15)19(26)16-10-17(13-21-12-16)20(27)25-6-8-28-9-7-25/h11,15-17,21H,2-10,12-13H2,1H3,(H,22,23)/t16-,17+/m1/s1. The number of rotatable bonds is 3. The van der Waals surface area contributed by atoms with Gasteiger partial charge in [-0.3, -0.25) is 14.7 Å². The van der Waals surface area contributed by atoms with Crippen molar-refractivity contribution < 1.29 is 14.3 Å². The van der Waals surface area contributed by atoms with Crippen molar-refractivity contribution in [3.8, 4) is 0 Å². The molecule has 0 bridgehead atoms. The lowest BCUT2D eigenvalue weighted by Gasteiger charge is -2.38. The van der Waals surface area contributed by atoms with E-state index in [9.17, 15) is 9.59 Å². The maximum Gasteiger partial charge on any atom is 0.227 e. The maximum atomic E-state index is 13.1. The van der Waals surface area contributed by atoms with Crippen LogP contribution in [-0.4, -0.2) is 84.3 Å². The molecule has 4 rings (SSSR count). The number of amides is 2. The van der Waals surface area contributed by atoms with Gasteiger partial charge in [0.1, 0.15) is 0 Å². The Morgan fingerprint density at radius 3 is 2.21 bits per heavy atom. The zero-order valence-corrected chi connectivity index (χ0v) is 16.7. The molecule has 8 nitrogen and oxygen atoms in total. The number of ether oxygens (including phenoxy) is 1. The van der Waals surface area contributed by atoms with Gasteiger partial charge in [-0.15, -0.1) is 0 Å². The molecule has 2 N–H and O–H groups in total. The lowest BCUT2D eigenvalue weighted by atomic mass is 9.86. The number of piperidine rings is 2. The first-order valence-electron chi connectivity index (χ1n) is 10.5. The average Bonchev–Trinajstić information content (AvgIpc) is 3.19. The van der Waals surface area contributed by atoms with Crippen LogP contribution in [-0.2, 0) is 14.3 Å². The van der Waals surface area contributed by atoms with E-state index >= 15 is 0 Å². The van der Waals surface area contributed by atoms with Gasteiger partial charge in [0.05, 0.1) is 31.2 Å². The number of H-pyrrole nitrogens is 1. The highest BCUT2D eigenvalue weighted by Crippen LogP contribution is 2.30. The molecule has 0 radical (unpaired) electrons. The average molecular weight is 390 g/mol. The Labute approximate surface area is 166 Å². The zero-order chi connectivity index (χ0) is 19.5. The normalized spacial score (nSPS) is 27.0. The van der Waals surface area contributed by atoms with Crippen LogP contribution in [0.1, 0.15) is 36.4 Å². The molecule has 3 fully saturated rings. The predicted octanol–water partition coefficient (Wildman–Crippen LogP) is 0.509. The molecule has 3 aliphatic rings. The summed E-state index contributed by atoms with van der Waals surface area (Å²) < 4.78 is 5.34. The van der Waals surface area contributed by atoms with E-state index in [1.54, 1.807) is 0 Å². The third-order valence-electron chi connectivity index (χ3n) is 6.45. The van der Waals surface area contributed by atoms with Gasteiger partial charge < -0.3 is 19.9 Å². The molecule has 1 aromatic rings. The van der Waals surface area contributed by atoms with Crippen molar-refractivity contribution in [1.29, 1.82) is 0 Å². The Balaban J connectivity index is 1.31. The number of aryl methyl sites for hydroxylation is 1. The highest BCUT2D eigenvalue weighted by atomic mass is 16.5. The van der Waals surface area contributed by atoms with Crippen LogP contribution in [0, 0.1) is 18.8 Å². The summed E-state index contributed by atoms with van der Waals surface area (Å²) in [6.45, 7) is 7.52. The Kier molecular flexibility index (Phi) is 5.96. The van der Waals surface area contributed by atoms with Crippen molar-refractivity contribution in [1.82, 2.24) is 25.3 Å². The fourth-order valence-corrected chi connectivity index (χ4v) is 4.78. The first-order valence-corrected chi connectivity index (χ1v) is 10.5. The Hall–Kier alpha value is -1.93. The van der Waals surface area contributed by atoms with Gasteiger partial charge in [-0.2, -0.15) is 5.10 Å². The van der Waals surface area contributed by atoms with Crippen molar-refractivity contribution in [2.75, 3.05) is 52.5 Å². The van der Waals surface area contributed by atoms with E-state index in [0.29, 0.717) is 51.7 Å². The highest BCUT2D eigenvalue weighted by Gasteiger charge is 2.36. The van der Waals surface area contributed by atoms with Gasteiger partial charge in [0.15, 0.2) is 0 Å². The number of aromatic nitrogens is 2. The largest absolute Gasteiger partial charge is 0.378 e. The van der Waals surface area contributed by atoms with Crippen LogP contribution in [0.3, 0.4) is 0 Å². The van der Waals surface area contributed by atoms with Gasteiger partial charge in [0, 0.05) is 50.9 Å². The molecule has 0 saturated carbocycles. The van der Waals surface area contributed by atoms with Crippen LogP contribution in [0.4, 0.5) is 0 Å². The molecular formula is C20H31N5O3. The summed E-state index contributed by atoms with van der Waals surface area (Å²) in [6, 6.07) is 0. The molecule has 4 heterocycles. The topological polar surface area (TPSA) is 90.6 Å². The van der Waals surface area contributed by atoms with Gasteiger partial charge in [-0.05, 0) is 31.7 Å². The first kappa shape index (κ1) is 19.4. The summed E-state index contributed by atoms with van der Waals surface area (Å²) in [7, 11) is 0. The second-order valence-electron chi connectivity index (χ2n) is 8.29. The molecule has 3 saturated heterocycles. The van der Waals surface area contributed by atoms with Gasteiger partial charge in [0.25, 0.3) is 0 Å². The summed E-state index contributed by atoms with van der Waals surface area (Å²) in [6.07, 6.45) is 4.45. The van der Waals surface area contributed by atoms with Gasteiger partial charge in [-0.1, -0.05) is 0 Å². The molecule has 2 amide bonds. The number of hydrogen-bond donors (Lipinski definition) is 2. The second kappa shape index (κ2) is 8.61. The second-order valence-corrected chi connectivity index (χ2v) is 8.29. The number of nitrogens with one attached hydrogen (secondary N) is 2. The van der Waals surface area contributed by atoms with E-state index < -0.39 is 0 Å². The third-order valence-corrected chi connectivity index (χ3v) is 6.45. The quantitative estimate of drug-likeness (QED) is 0.786. The smallest absolute Gasteiger partial charge is 0.227 e. The SMILES string of the molecule is Cc1cn[nH]c1C1CCN(C(=O)[C@H]2CNC[C@@H](C(=O)N3CCOCC3)C2)CC1. The molecule has 1 aromatic heterocycles. The highest BCUT2D eigenvalue weighted by molar-refractivity contribution is 5.83. The van der Waals surface area contributed by atoms with E-state index in [2.05, 4.69) is 22.4 Å². The minimum atomic E-state index is -0.106. The van der Waals surface area contributed by atoms with E-state index in [0.717, 1.165) is 25.9 Å². The fraction of sp³-hybridized carbons (Fsp3) is 0.750. The summed E-state index contributed by atoms with van der Waals surface area (Å²) >= 11 is 0. The van der Waals surface area contributed by atoms with Crippen LogP contribution in [0.15, 0.2) is 6.20 Å². The minimum Gasteiger partial charge on any atom is -0.378 e. The lowest BCUT2D eigenvalue weighted by molar-refractivity contribution is -0.143. The van der Waals surface area contributed by atoms with Crippen molar-refractivity contribution in [3.05, 3.63) is 17.5 Å². The number of carbonyl (C=O) groups excluding carboxylic acids is 2. The summed E-state index contributed by atoms with van der Waals surface area (Å²) in [4.78, 5) is 29.8. The summed E-state index contributed by atoms with van der Waals surface area (Å²) in [5.74, 6) is 0.611. The monoisotopic (exact) mass is 389 g/mol. The summed E-state index contributed by atoms with van der Waals surface area (Å²) in [5.41, 5.74) is 2.41. The Morgan fingerprint density at radius 2 is 1.64 bits per heavy atom. The zero-order valence-electron chi connectivity index (χ0n) is 16.7. The number of nitrogens with zero attached hydrogens (tertiary/aromatic N) is 3. The van der Waals surface area contributed by atoms with Crippen molar-refractivity contribution in [2.24, 2.45) is 11.8 Å². The van der Waals surface area contributed by atoms with E-state index in [-0.39, 0.29) is 23.7 Å². The molecule has 154 valence electrons. The van der Waals surface area contributed by atoms with Crippen LogP contribution >= 0.6 is 0 Å². The molecular weight excluding hydrogens is 358 g/mol. The molecule has 0 aliphatic carbocycles. The van der Waals surface area contributed by atoms with Gasteiger partial charge in [-0.25, -0.2) is 0 Å². The van der Waals surface area contributed by atoms with E-state index in [4.69, 9.17) is 4.74 Å². The van der Waals surface area contributed by atoms with E-state index in [1.165, 1.54) is 11.3 Å².